The second-order valence-corrected chi connectivity index (χ2v) is 4.74. The molecule has 5 heteroatoms. The van der Waals surface area contributed by atoms with Crippen LogP contribution in [0.1, 0.15) is 22.3 Å². The maximum atomic E-state index is 13.6. The highest BCUT2D eigenvalue weighted by Gasteiger charge is 2.13. The number of rotatable bonds is 7. The molecule has 2 aromatic carbocycles. The van der Waals surface area contributed by atoms with Gasteiger partial charge in [0, 0.05) is 0 Å². The molecule has 2 N–H and O–H groups in total. The number of benzene rings is 2. The van der Waals surface area contributed by atoms with Crippen LogP contribution in [0.5, 0.6) is 11.5 Å². The normalized spacial score (nSPS) is 10.3. The van der Waals surface area contributed by atoms with E-state index >= 15 is 0 Å². The predicted molar refractivity (Wildman–Crippen MR) is 81.7 cm³/mol. The zero-order valence-corrected chi connectivity index (χ0v) is 12.3. The zero-order chi connectivity index (χ0) is 15.9. The second-order valence-electron chi connectivity index (χ2n) is 4.74. The van der Waals surface area contributed by atoms with E-state index in [1.165, 1.54) is 6.07 Å². The Morgan fingerprint density at radius 2 is 1.86 bits per heavy atom. The van der Waals surface area contributed by atoms with Gasteiger partial charge in [-0.05, 0) is 36.6 Å². The molecule has 0 atom stereocenters. The Hall–Kier alpha value is -2.56. The van der Waals surface area contributed by atoms with Gasteiger partial charge in [-0.2, -0.15) is 0 Å². The van der Waals surface area contributed by atoms with Gasteiger partial charge in [-0.15, -0.1) is 0 Å². The highest BCUT2D eigenvalue weighted by Crippen LogP contribution is 2.26. The average Bonchev–Trinajstić information content (AvgIpc) is 2.51. The van der Waals surface area contributed by atoms with Gasteiger partial charge < -0.3 is 15.2 Å². The molecule has 0 unspecified atom stereocenters. The molecule has 0 aromatic heterocycles. The summed E-state index contributed by atoms with van der Waals surface area (Å²) >= 11 is 0. The lowest BCUT2D eigenvalue weighted by atomic mass is 10.0. The Morgan fingerprint density at radius 3 is 2.55 bits per heavy atom. The Morgan fingerprint density at radius 1 is 1.14 bits per heavy atom. The topological polar surface area (TPSA) is 61.6 Å². The molecule has 116 valence electrons. The summed E-state index contributed by atoms with van der Waals surface area (Å²) < 4.78 is 24.5. The average molecular weight is 303 g/mol. The first-order valence-corrected chi connectivity index (χ1v) is 6.96. The molecule has 0 heterocycles. The number of carbonyl (C=O) groups is 1. The number of primary amides is 1. The molecule has 0 saturated heterocycles. The van der Waals surface area contributed by atoms with Gasteiger partial charge >= 0.3 is 0 Å². The van der Waals surface area contributed by atoms with E-state index in [9.17, 15) is 9.18 Å². The maximum Gasteiger partial charge on any atom is 0.251 e. The molecular weight excluding hydrogens is 285 g/mol. The molecule has 2 aromatic rings. The van der Waals surface area contributed by atoms with Gasteiger partial charge in [-0.25, -0.2) is 4.39 Å². The first-order valence-electron chi connectivity index (χ1n) is 6.96. The highest BCUT2D eigenvalue weighted by molar-refractivity contribution is 5.94. The van der Waals surface area contributed by atoms with Crippen molar-refractivity contribution < 1.29 is 18.7 Å². The van der Waals surface area contributed by atoms with E-state index in [4.69, 9.17) is 15.2 Å². The second kappa shape index (κ2) is 7.45. The summed E-state index contributed by atoms with van der Waals surface area (Å²) in [6, 6.07) is 11.8. The molecule has 0 saturated carbocycles. The summed E-state index contributed by atoms with van der Waals surface area (Å²) in [7, 11) is 1.58. The number of hydrogen-bond donors (Lipinski definition) is 1. The third kappa shape index (κ3) is 3.75. The Kier molecular flexibility index (Phi) is 5.36. The van der Waals surface area contributed by atoms with Crippen LogP contribution in [-0.4, -0.2) is 19.6 Å². The minimum Gasteiger partial charge on any atom is -0.493 e. The van der Waals surface area contributed by atoms with Crippen LogP contribution in [0.4, 0.5) is 4.39 Å². The van der Waals surface area contributed by atoms with Crippen LogP contribution in [0.3, 0.4) is 0 Å². The van der Waals surface area contributed by atoms with Gasteiger partial charge in [0.15, 0.2) is 11.5 Å². The molecule has 2 rings (SSSR count). The molecule has 1 amide bonds. The van der Waals surface area contributed by atoms with Crippen LogP contribution in [0.15, 0.2) is 42.5 Å². The van der Waals surface area contributed by atoms with Crippen LogP contribution in [0, 0.1) is 5.82 Å². The number of ether oxygens (including phenoxy) is 2. The van der Waals surface area contributed by atoms with Crippen molar-refractivity contribution in [3.63, 3.8) is 0 Å². The molecular formula is C17H18FNO3. The zero-order valence-electron chi connectivity index (χ0n) is 12.3. The third-order valence-corrected chi connectivity index (χ3v) is 3.26. The van der Waals surface area contributed by atoms with E-state index in [0.29, 0.717) is 36.5 Å². The fraction of sp³-hybridized carbons (Fsp3) is 0.235. The van der Waals surface area contributed by atoms with Crippen molar-refractivity contribution in [2.24, 2.45) is 5.73 Å². The van der Waals surface area contributed by atoms with E-state index in [1.54, 1.807) is 19.2 Å². The van der Waals surface area contributed by atoms with Gasteiger partial charge in [-0.3, -0.25) is 4.79 Å². The summed E-state index contributed by atoms with van der Waals surface area (Å²) in [6.45, 7) is 0.426. The van der Waals surface area contributed by atoms with Gasteiger partial charge in [0.1, 0.15) is 5.82 Å². The number of hydrogen-bond acceptors (Lipinski definition) is 3. The van der Waals surface area contributed by atoms with E-state index in [0.717, 1.165) is 0 Å². The maximum absolute atomic E-state index is 13.6. The number of nitrogens with two attached hydrogens (primary N) is 1. The summed E-state index contributed by atoms with van der Waals surface area (Å²) in [5.41, 5.74) is 5.77. The molecule has 0 radical (unpaired) electrons. The summed E-state index contributed by atoms with van der Waals surface area (Å²) in [5, 5.41) is 0. The van der Waals surface area contributed by atoms with Crippen molar-refractivity contribution in [3.05, 3.63) is 59.4 Å². The SMILES string of the molecule is COc1ccccc1OCCCc1cccc(F)c1C(N)=O. The monoisotopic (exact) mass is 303 g/mol. The standard InChI is InChI=1S/C17H18FNO3/c1-21-14-9-2-3-10-15(14)22-11-5-7-12-6-4-8-13(18)16(12)17(19)20/h2-4,6,8-10H,5,7,11H2,1H3,(H2,19,20). The summed E-state index contributed by atoms with van der Waals surface area (Å²) in [4.78, 5) is 11.3. The highest BCUT2D eigenvalue weighted by atomic mass is 19.1. The lowest BCUT2D eigenvalue weighted by Crippen LogP contribution is -2.16. The van der Waals surface area contributed by atoms with Gasteiger partial charge in [-0.1, -0.05) is 24.3 Å². The number of para-hydroxylation sites is 2. The lowest BCUT2D eigenvalue weighted by molar-refractivity contribution is 0.0995. The number of carbonyl (C=O) groups excluding carboxylic acids is 1. The molecule has 0 spiro atoms. The number of methoxy groups -OCH3 is 1. The quantitative estimate of drug-likeness (QED) is 0.800. The lowest BCUT2D eigenvalue weighted by Gasteiger charge is -2.11. The van der Waals surface area contributed by atoms with Crippen molar-refractivity contribution in [1.82, 2.24) is 0 Å². The fourth-order valence-corrected chi connectivity index (χ4v) is 2.24. The van der Waals surface area contributed by atoms with Crippen molar-refractivity contribution in [3.8, 4) is 11.5 Å². The van der Waals surface area contributed by atoms with Crippen LogP contribution in [0.2, 0.25) is 0 Å². The first kappa shape index (κ1) is 15.8. The molecule has 4 nitrogen and oxygen atoms in total. The Bertz CT molecular complexity index is 658. The number of aryl methyl sites for hydroxylation is 1. The van der Waals surface area contributed by atoms with Crippen LogP contribution in [0.25, 0.3) is 0 Å². The van der Waals surface area contributed by atoms with Crippen molar-refractivity contribution in [1.29, 1.82) is 0 Å². The van der Waals surface area contributed by atoms with E-state index < -0.39 is 11.7 Å². The first-order chi connectivity index (χ1) is 10.6. The number of amides is 1. The Balaban J connectivity index is 1.95. The van der Waals surface area contributed by atoms with Crippen molar-refractivity contribution >= 4 is 5.91 Å². The summed E-state index contributed by atoms with van der Waals surface area (Å²) in [6.07, 6.45) is 1.13. The van der Waals surface area contributed by atoms with E-state index in [2.05, 4.69) is 0 Å². The van der Waals surface area contributed by atoms with Crippen molar-refractivity contribution in [2.45, 2.75) is 12.8 Å². The molecule has 0 aliphatic rings. The predicted octanol–water partition coefficient (Wildman–Crippen LogP) is 2.94. The Labute approximate surface area is 128 Å². The smallest absolute Gasteiger partial charge is 0.251 e. The van der Waals surface area contributed by atoms with E-state index in [-0.39, 0.29) is 5.56 Å². The summed E-state index contributed by atoms with van der Waals surface area (Å²) in [5.74, 6) is -0.0279. The molecule has 0 bridgehead atoms. The minimum absolute atomic E-state index is 0.0419. The molecule has 0 fully saturated rings. The van der Waals surface area contributed by atoms with Crippen molar-refractivity contribution in [2.75, 3.05) is 13.7 Å². The molecule has 0 aliphatic heterocycles. The van der Waals surface area contributed by atoms with Crippen LogP contribution >= 0.6 is 0 Å². The fourth-order valence-electron chi connectivity index (χ4n) is 2.24. The third-order valence-electron chi connectivity index (χ3n) is 3.26. The van der Waals surface area contributed by atoms with Gasteiger partial charge in [0.05, 0.1) is 19.3 Å². The van der Waals surface area contributed by atoms with Crippen LogP contribution in [-0.2, 0) is 6.42 Å². The number of halogens is 1. The van der Waals surface area contributed by atoms with E-state index in [1.807, 2.05) is 24.3 Å². The minimum atomic E-state index is -0.751. The molecule has 0 aliphatic carbocycles. The molecule has 22 heavy (non-hydrogen) atoms. The van der Waals surface area contributed by atoms with Crippen LogP contribution < -0.4 is 15.2 Å². The largest absolute Gasteiger partial charge is 0.493 e. The van der Waals surface area contributed by atoms with Gasteiger partial charge in [0.2, 0.25) is 0 Å². The van der Waals surface area contributed by atoms with Gasteiger partial charge in [0.25, 0.3) is 5.91 Å².